The molecule has 3 heteroatoms. The number of anilines is 3. The fourth-order valence-corrected chi connectivity index (χ4v) is 5.35. The molecule has 0 bridgehead atoms. The average Bonchev–Trinajstić information content (AvgIpc) is 3.43. The molecule has 7 aromatic rings. The first-order valence-corrected chi connectivity index (χ1v) is 13.1. The van der Waals surface area contributed by atoms with Gasteiger partial charge in [0, 0.05) is 28.6 Å². The van der Waals surface area contributed by atoms with E-state index in [0.717, 1.165) is 44.6 Å². The first kappa shape index (κ1) is 23.0. The first-order valence-electron chi connectivity index (χ1n) is 13.1. The lowest BCUT2D eigenvalue weighted by molar-refractivity contribution is 0.628. The highest BCUT2D eigenvalue weighted by Gasteiger charge is 2.15. The topological polar surface area (TPSA) is 8.17 Å². The zero-order chi connectivity index (χ0) is 26.2. The van der Waals surface area contributed by atoms with Crippen LogP contribution in [0.3, 0.4) is 0 Å². The van der Waals surface area contributed by atoms with Crippen LogP contribution >= 0.6 is 0 Å². The average molecular weight is 505 g/mol. The third kappa shape index (κ3) is 4.24. The van der Waals surface area contributed by atoms with E-state index in [4.69, 9.17) is 0 Å². The highest BCUT2D eigenvalue weighted by Crippen LogP contribution is 2.39. The summed E-state index contributed by atoms with van der Waals surface area (Å²) < 4.78 is 16.0. The lowest BCUT2D eigenvalue weighted by Crippen LogP contribution is -2.10. The summed E-state index contributed by atoms with van der Waals surface area (Å²) in [5.41, 5.74) is 7.59. The van der Waals surface area contributed by atoms with Gasteiger partial charge in [-0.3, -0.25) is 0 Å². The highest BCUT2D eigenvalue weighted by molar-refractivity contribution is 5.99. The second kappa shape index (κ2) is 9.62. The largest absolute Gasteiger partial charge is 0.317 e. The number of hydrogen-bond donors (Lipinski definition) is 0. The molecule has 0 atom stereocenters. The molecule has 1 aromatic heterocycles. The molecule has 0 saturated carbocycles. The fourth-order valence-electron chi connectivity index (χ4n) is 5.35. The molecule has 0 N–H and O–H groups in total. The van der Waals surface area contributed by atoms with E-state index >= 15 is 0 Å². The SMILES string of the molecule is Fc1ccc(N(c2ccc(-c3ccc(-n4ccc5ccccc54)cc3)cc2)c2cccc3ccccc23)cc1. The molecule has 39 heavy (non-hydrogen) atoms. The zero-order valence-corrected chi connectivity index (χ0v) is 21.2. The molecule has 0 aliphatic rings. The molecular weight excluding hydrogens is 479 g/mol. The number of benzene rings is 6. The third-order valence-electron chi connectivity index (χ3n) is 7.30. The van der Waals surface area contributed by atoms with Crippen molar-refractivity contribution in [2.24, 2.45) is 0 Å². The number of aromatic nitrogens is 1. The van der Waals surface area contributed by atoms with Gasteiger partial charge in [0.2, 0.25) is 0 Å². The number of rotatable bonds is 5. The Balaban J connectivity index is 1.25. The molecule has 6 aromatic carbocycles. The van der Waals surface area contributed by atoms with Gasteiger partial charge in [-0.05, 0) is 88.6 Å². The minimum Gasteiger partial charge on any atom is -0.317 e. The molecule has 2 nitrogen and oxygen atoms in total. The number of para-hydroxylation sites is 1. The van der Waals surface area contributed by atoms with E-state index < -0.39 is 0 Å². The maximum atomic E-state index is 13.8. The summed E-state index contributed by atoms with van der Waals surface area (Å²) in [6.45, 7) is 0. The second-order valence-electron chi connectivity index (χ2n) is 9.65. The zero-order valence-electron chi connectivity index (χ0n) is 21.2. The number of fused-ring (bicyclic) bond motifs is 2. The number of nitrogens with zero attached hydrogens (tertiary/aromatic N) is 2. The van der Waals surface area contributed by atoms with Crippen LogP contribution in [0.2, 0.25) is 0 Å². The molecule has 0 aliphatic heterocycles. The van der Waals surface area contributed by atoms with Crippen LogP contribution in [0, 0.1) is 5.82 Å². The molecule has 0 amide bonds. The van der Waals surface area contributed by atoms with E-state index in [0.29, 0.717) is 0 Å². The van der Waals surface area contributed by atoms with Crippen LogP contribution in [0.1, 0.15) is 0 Å². The molecule has 186 valence electrons. The van der Waals surface area contributed by atoms with Crippen molar-refractivity contribution in [3.63, 3.8) is 0 Å². The van der Waals surface area contributed by atoms with Crippen LogP contribution in [-0.4, -0.2) is 4.57 Å². The Morgan fingerprint density at radius 1 is 0.487 bits per heavy atom. The van der Waals surface area contributed by atoms with Crippen molar-refractivity contribution in [1.29, 1.82) is 0 Å². The minimum atomic E-state index is -0.247. The van der Waals surface area contributed by atoms with Crippen molar-refractivity contribution in [3.8, 4) is 16.8 Å². The Bertz CT molecular complexity index is 1890. The molecule has 0 unspecified atom stereocenters. The third-order valence-corrected chi connectivity index (χ3v) is 7.30. The van der Waals surface area contributed by atoms with Crippen molar-refractivity contribution in [3.05, 3.63) is 158 Å². The Morgan fingerprint density at radius 2 is 1.08 bits per heavy atom. The highest BCUT2D eigenvalue weighted by atomic mass is 19.1. The van der Waals surface area contributed by atoms with Crippen molar-refractivity contribution < 1.29 is 4.39 Å². The van der Waals surface area contributed by atoms with E-state index in [1.54, 1.807) is 0 Å². The summed E-state index contributed by atoms with van der Waals surface area (Å²) in [7, 11) is 0. The predicted molar refractivity (Wildman–Crippen MR) is 161 cm³/mol. The Hall–Kier alpha value is -5.15. The van der Waals surface area contributed by atoms with Gasteiger partial charge in [0.1, 0.15) is 5.82 Å². The maximum Gasteiger partial charge on any atom is 0.123 e. The molecule has 7 rings (SSSR count). The van der Waals surface area contributed by atoms with E-state index in [9.17, 15) is 4.39 Å². The maximum absolute atomic E-state index is 13.8. The summed E-state index contributed by atoms with van der Waals surface area (Å²) in [6.07, 6.45) is 2.12. The monoisotopic (exact) mass is 504 g/mol. The standard InChI is InChI=1S/C36H25FN2/c37-30-16-22-33(23-17-30)39(36-11-5-8-28-6-1-3-9-34(28)36)32-20-14-27(15-21-32)26-12-18-31(19-13-26)38-25-24-29-7-2-4-10-35(29)38/h1-25H. The first-order chi connectivity index (χ1) is 19.2. The Morgan fingerprint density at radius 3 is 1.82 bits per heavy atom. The van der Waals surface area contributed by atoms with Crippen molar-refractivity contribution in [1.82, 2.24) is 4.57 Å². The van der Waals surface area contributed by atoms with Crippen LogP contribution in [-0.2, 0) is 0 Å². The molecular formula is C36H25FN2. The second-order valence-corrected chi connectivity index (χ2v) is 9.65. The summed E-state index contributed by atoms with van der Waals surface area (Å²) in [4.78, 5) is 2.19. The molecule has 0 fully saturated rings. The van der Waals surface area contributed by atoms with Gasteiger partial charge < -0.3 is 9.47 Å². The van der Waals surface area contributed by atoms with Crippen molar-refractivity contribution in [2.75, 3.05) is 4.90 Å². The van der Waals surface area contributed by atoms with Gasteiger partial charge >= 0.3 is 0 Å². The van der Waals surface area contributed by atoms with E-state index in [1.165, 1.54) is 23.0 Å². The van der Waals surface area contributed by atoms with Crippen LogP contribution < -0.4 is 4.90 Å². The molecule has 0 aliphatic carbocycles. The summed E-state index contributed by atoms with van der Waals surface area (Å²) in [5, 5.41) is 3.53. The summed E-state index contributed by atoms with van der Waals surface area (Å²) in [5.74, 6) is -0.247. The van der Waals surface area contributed by atoms with Gasteiger partial charge in [-0.25, -0.2) is 4.39 Å². The van der Waals surface area contributed by atoms with Gasteiger partial charge in [-0.2, -0.15) is 0 Å². The van der Waals surface area contributed by atoms with E-state index in [1.807, 2.05) is 18.2 Å². The summed E-state index contributed by atoms with van der Waals surface area (Å²) in [6, 6.07) is 49.1. The predicted octanol–water partition coefficient (Wildman–Crippen LogP) is 10.1. The van der Waals surface area contributed by atoms with Gasteiger partial charge in [0.15, 0.2) is 0 Å². The van der Waals surface area contributed by atoms with Crippen LogP contribution in [0.25, 0.3) is 38.5 Å². The van der Waals surface area contributed by atoms with Gasteiger partial charge in [0.05, 0.1) is 11.2 Å². The van der Waals surface area contributed by atoms with Gasteiger partial charge in [0.25, 0.3) is 0 Å². The molecule has 0 radical (unpaired) electrons. The normalized spacial score (nSPS) is 11.2. The lowest BCUT2D eigenvalue weighted by Gasteiger charge is -2.27. The fraction of sp³-hybridized carbons (Fsp3) is 0. The van der Waals surface area contributed by atoms with E-state index in [2.05, 4.69) is 131 Å². The van der Waals surface area contributed by atoms with Crippen LogP contribution in [0.15, 0.2) is 152 Å². The van der Waals surface area contributed by atoms with Crippen molar-refractivity contribution >= 4 is 38.7 Å². The van der Waals surface area contributed by atoms with Crippen LogP contribution in [0.4, 0.5) is 21.5 Å². The quantitative estimate of drug-likeness (QED) is 0.226. The van der Waals surface area contributed by atoms with Crippen molar-refractivity contribution in [2.45, 2.75) is 0 Å². The molecule has 1 heterocycles. The lowest BCUT2D eigenvalue weighted by atomic mass is 10.0. The van der Waals surface area contributed by atoms with Gasteiger partial charge in [-0.1, -0.05) is 78.9 Å². The van der Waals surface area contributed by atoms with Gasteiger partial charge in [-0.15, -0.1) is 0 Å². The molecule has 0 saturated heterocycles. The minimum absolute atomic E-state index is 0.247. The molecule has 0 spiro atoms. The van der Waals surface area contributed by atoms with Crippen LogP contribution in [0.5, 0.6) is 0 Å². The van der Waals surface area contributed by atoms with E-state index in [-0.39, 0.29) is 5.82 Å². The number of hydrogen-bond acceptors (Lipinski definition) is 1. The Labute approximate surface area is 226 Å². The number of halogens is 1. The Kier molecular flexibility index (Phi) is 5.68. The summed E-state index contributed by atoms with van der Waals surface area (Å²) >= 11 is 0. The smallest absolute Gasteiger partial charge is 0.123 e.